The summed E-state index contributed by atoms with van der Waals surface area (Å²) in [5.41, 5.74) is 2.21. The summed E-state index contributed by atoms with van der Waals surface area (Å²) in [4.78, 5) is 8.02. The Balaban J connectivity index is 1.29. The van der Waals surface area contributed by atoms with Crippen LogP contribution in [0.3, 0.4) is 0 Å². The number of oxime groups is 1. The average molecular weight is 423 g/mol. The molecular formula is C26H34N2O3. The number of rotatable bonds is 6. The van der Waals surface area contributed by atoms with Gasteiger partial charge in [-0.15, -0.1) is 0 Å². The van der Waals surface area contributed by atoms with Gasteiger partial charge >= 0.3 is 0 Å². The van der Waals surface area contributed by atoms with E-state index in [1.807, 2.05) is 6.07 Å². The Morgan fingerprint density at radius 2 is 1.81 bits per heavy atom. The van der Waals surface area contributed by atoms with Crippen LogP contribution in [-0.2, 0) is 9.57 Å². The second-order valence-electron chi connectivity index (χ2n) is 9.44. The summed E-state index contributed by atoms with van der Waals surface area (Å²) in [5.74, 6) is 1.50. The zero-order valence-corrected chi connectivity index (χ0v) is 18.8. The summed E-state index contributed by atoms with van der Waals surface area (Å²) in [6.07, 6.45) is 9.47. The van der Waals surface area contributed by atoms with Crippen molar-refractivity contribution in [2.75, 3.05) is 27.3 Å². The van der Waals surface area contributed by atoms with E-state index in [1.165, 1.54) is 55.8 Å². The van der Waals surface area contributed by atoms with Gasteiger partial charge in [0.25, 0.3) is 0 Å². The Hall–Kier alpha value is -2.11. The monoisotopic (exact) mass is 422 g/mol. The fourth-order valence-electron chi connectivity index (χ4n) is 5.85. The normalized spacial score (nSPS) is 29.3. The summed E-state index contributed by atoms with van der Waals surface area (Å²) in [6, 6.07) is 13.4. The van der Waals surface area contributed by atoms with Gasteiger partial charge in [0, 0.05) is 12.6 Å². The van der Waals surface area contributed by atoms with Gasteiger partial charge in [-0.3, -0.25) is 4.90 Å². The van der Waals surface area contributed by atoms with E-state index in [4.69, 9.17) is 14.3 Å². The van der Waals surface area contributed by atoms with Gasteiger partial charge in [-0.1, -0.05) is 23.4 Å². The van der Waals surface area contributed by atoms with E-state index in [2.05, 4.69) is 40.4 Å². The predicted molar refractivity (Wildman–Crippen MR) is 124 cm³/mol. The zero-order chi connectivity index (χ0) is 21.2. The first-order valence-corrected chi connectivity index (χ1v) is 11.8. The number of hydrogen-bond donors (Lipinski definition) is 0. The Morgan fingerprint density at radius 1 is 1.03 bits per heavy atom. The predicted octanol–water partition coefficient (Wildman–Crippen LogP) is 5.01. The highest BCUT2D eigenvalue weighted by Gasteiger charge is 2.38. The van der Waals surface area contributed by atoms with Gasteiger partial charge in [-0.25, -0.2) is 0 Å². The quantitative estimate of drug-likeness (QED) is 0.485. The molecule has 0 radical (unpaired) electrons. The Bertz CT molecular complexity index is 931. The molecule has 166 valence electrons. The van der Waals surface area contributed by atoms with Crippen LogP contribution >= 0.6 is 0 Å². The van der Waals surface area contributed by atoms with Crippen LogP contribution in [0.5, 0.6) is 5.75 Å². The molecule has 3 heterocycles. The molecule has 5 heteroatoms. The van der Waals surface area contributed by atoms with Gasteiger partial charge < -0.3 is 14.3 Å². The molecule has 0 aromatic heterocycles. The number of piperidine rings is 1. The third-order valence-electron chi connectivity index (χ3n) is 7.40. The van der Waals surface area contributed by atoms with Crippen LogP contribution in [0.1, 0.15) is 50.5 Å². The van der Waals surface area contributed by atoms with Crippen LogP contribution in [0.15, 0.2) is 41.6 Å². The van der Waals surface area contributed by atoms with Gasteiger partial charge in [-0.2, -0.15) is 0 Å². The molecule has 3 fully saturated rings. The third-order valence-corrected chi connectivity index (χ3v) is 7.40. The molecule has 3 aliphatic rings. The molecule has 3 aliphatic heterocycles. The molecule has 0 saturated carbocycles. The number of fused-ring (bicyclic) bond motifs is 3. The maximum atomic E-state index is 6.08. The molecule has 3 unspecified atom stereocenters. The molecule has 2 aromatic carbocycles. The van der Waals surface area contributed by atoms with Crippen molar-refractivity contribution in [2.24, 2.45) is 11.1 Å². The number of methoxy groups -OCH3 is 1. The first-order valence-electron chi connectivity index (χ1n) is 11.8. The van der Waals surface area contributed by atoms with Crippen molar-refractivity contribution >= 4 is 16.5 Å². The number of nitrogens with zero attached hydrogens (tertiary/aromatic N) is 2. The van der Waals surface area contributed by atoms with Crippen molar-refractivity contribution in [1.29, 1.82) is 0 Å². The SMILES string of the molecule is CO/N=C(\CC1CCCN(C2CC3CCC(C2)O3)C1)c1ccc2cc(OC)ccc2c1. The number of hydrogen-bond acceptors (Lipinski definition) is 5. The number of likely N-dealkylation sites (tertiary alicyclic amines) is 1. The van der Waals surface area contributed by atoms with Gasteiger partial charge in [0.1, 0.15) is 12.9 Å². The van der Waals surface area contributed by atoms with Crippen LogP contribution in [0.4, 0.5) is 0 Å². The van der Waals surface area contributed by atoms with Gasteiger partial charge in [0.05, 0.1) is 25.0 Å². The van der Waals surface area contributed by atoms with Crippen LogP contribution < -0.4 is 4.74 Å². The molecule has 31 heavy (non-hydrogen) atoms. The molecule has 5 nitrogen and oxygen atoms in total. The molecular weight excluding hydrogens is 388 g/mol. The number of benzene rings is 2. The van der Waals surface area contributed by atoms with E-state index in [9.17, 15) is 0 Å². The molecule has 3 atom stereocenters. The topological polar surface area (TPSA) is 43.3 Å². The van der Waals surface area contributed by atoms with Gasteiger partial charge in [-0.05, 0) is 91.9 Å². The molecule has 0 amide bonds. The van der Waals surface area contributed by atoms with Crippen molar-refractivity contribution in [3.05, 3.63) is 42.0 Å². The molecule has 5 rings (SSSR count). The fraction of sp³-hybridized carbons (Fsp3) is 0.577. The van der Waals surface area contributed by atoms with E-state index < -0.39 is 0 Å². The van der Waals surface area contributed by atoms with Crippen molar-refractivity contribution in [2.45, 2.75) is 63.2 Å². The second-order valence-corrected chi connectivity index (χ2v) is 9.44. The van der Waals surface area contributed by atoms with E-state index in [0.29, 0.717) is 24.2 Å². The molecule has 2 aromatic rings. The minimum atomic E-state index is 0.506. The maximum absolute atomic E-state index is 6.08. The molecule has 3 saturated heterocycles. The van der Waals surface area contributed by atoms with Crippen molar-refractivity contribution in [1.82, 2.24) is 4.90 Å². The zero-order valence-electron chi connectivity index (χ0n) is 18.8. The summed E-state index contributed by atoms with van der Waals surface area (Å²) in [6.45, 7) is 2.40. The highest BCUT2D eigenvalue weighted by molar-refractivity contribution is 6.03. The smallest absolute Gasteiger partial charge is 0.119 e. The maximum Gasteiger partial charge on any atom is 0.119 e. The van der Waals surface area contributed by atoms with Crippen molar-refractivity contribution in [3.8, 4) is 5.75 Å². The average Bonchev–Trinajstić information content (AvgIpc) is 3.15. The molecule has 2 bridgehead atoms. The number of ether oxygens (including phenoxy) is 2. The Morgan fingerprint density at radius 3 is 2.58 bits per heavy atom. The van der Waals surface area contributed by atoms with Gasteiger partial charge in [0.15, 0.2) is 0 Å². The molecule has 0 N–H and O–H groups in total. The van der Waals surface area contributed by atoms with Crippen LogP contribution in [0.25, 0.3) is 10.8 Å². The molecule has 0 aliphatic carbocycles. The minimum Gasteiger partial charge on any atom is -0.497 e. The van der Waals surface area contributed by atoms with E-state index in [1.54, 1.807) is 14.2 Å². The summed E-state index contributed by atoms with van der Waals surface area (Å²) < 4.78 is 11.4. The summed E-state index contributed by atoms with van der Waals surface area (Å²) >= 11 is 0. The summed E-state index contributed by atoms with van der Waals surface area (Å²) in [7, 11) is 3.36. The molecule has 0 spiro atoms. The van der Waals surface area contributed by atoms with E-state index in [0.717, 1.165) is 30.0 Å². The van der Waals surface area contributed by atoms with Crippen LogP contribution in [-0.4, -0.2) is 56.2 Å². The van der Waals surface area contributed by atoms with E-state index in [-0.39, 0.29) is 0 Å². The van der Waals surface area contributed by atoms with Gasteiger partial charge in [0.2, 0.25) is 0 Å². The highest BCUT2D eigenvalue weighted by Crippen LogP contribution is 2.36. The fourth-order valence-corrected chi connectivity index (χ4v) is 5.85. The lowest BCUT2D eigenvalue weighted by Gasteiger charge is -2.41. The lowest BCUT2D eigenvalue weighted by molar-refractivity contribution is -0.0437. The Labute approximate surface area is 185 Å². The summed E-state index contributed by atoms with van der Waals surface area (Å²) in [5, 5.41) is 6.83. The lowest BCUT2D eigenvalue weighted by atomic mass is 9.88. The lowest BCUT2D eigenvalue weighted by Crippen LogP contribution is -2.47. The Kier molecular flexibility index (Phi) is 6.15. The standard InChI is InChI=1S/C26H34N2O3/c1-29-23-8-7-19-13-21(6-5-20(19)14-23)26(27-30-2)12-18-4-3-11-28(17-18)22-15-24-9-10-25(16-22)31-24/h5-8,13-14,18,22,24-25H,3-4,9-12,15-17H2,1-2H3/b27-26+. The second kappa shape index (κ2) is 9.17. The van der Waals surface area contributed by atoms with Crippen LogP contribution in [0, 0.1) is 5.92 Å². The minimum absolute atomic E-state index is 0.506. The first kappa shape index (κ1) is 20.8. The van der Waals surface area contributed by atoms with E-state index >= 15 is 0 Å². The third kappa shape index (κ3) is 4.58. The van der Waals surface area contributed by atoms with Crippen molar-refractivity contribution < 1.29 is 14.3 Å². The van der Waals surface area contributed by atoms with Crippen LogP contribution in [0.2, 0.25) is 0 Å². The highest BCUT2D eigenvalue weighted by atomic mass is 16.6. The first-order chi connectivity index (χ1) is 15.2. The van der Waals surface area contributed by atoms with Crippen molar-refractivity contribution in [3.63, 3.8) is 0 Å². The largest absolute Gasteiger partial charge is 0.497 e.